The van der Waals surface area contributed by atoms with Crippen molar-refractivity contribution < 1.29 is 9.90 Å². The molecule has 1 aliphatic rings. The van der Waals surface area contributed by atoms with Gasteiger partial charge in [0.2, 0.25) is 0 Å². The van der Waals surface area contributed by atoms with Crippen molar-refractivity contribution in [2.75, 3.05) is 0 Å². The van der Waals surface area contributed by atoms with Crippen LogP contribution in [0.2, 0.25) is 0 Å². The van der Waals surface area contributed by atoms with Gasteiger partial charge in [0.25, 0.3) is 0 Å². The molecule has 3 unspecified atom stereocenters. The molecule has 0 radical (unpaired) electrons. The van der Waals surface area contributed by atoms with Crippen molar-refractivity contribution in [1.29, 1.82) is 0 Å². The lowest BCUT2D eigenvalue weighted by molar-refractivity contribution is -0.143. The first kappa shape index (κ1) is 12.0. The Bertz CT molecular complexity index is 688. The van der Waals surface area contributed by atoms with Crippen LogP contribution >= 0.6 is 0 Å². The predicted octanol–water partition coefficient (Wildman–Crippen LogP) is 1.24. The smallest absolute Gasteiger partial charge is 0.332 e. The van der Waals surface area contributed by atoms with Crippen molar-refractivity contribution >= 4 is 11.6 Å². The molecule has 2 aromatic heterocycles. The van der Waals surface area contributed by atoms with Crippen molar-refractivity contribution in [2.24, 2.45) is 11.8 Å². The minimum absolute atomic E-state index is 0.107. The van der Waals surface area contributed by atoms with Crippen LogP contribution in [0.4, 0.5) is 0 Å². The molecule has 3 atom stereocenters. The standard InChI is InChI=1S/C13H15N3O3/c1-7-4-5-8(10(7)12(17)18)11-14-9-3-2-6-16(9)13(19)15-11/h2-3,6-8,10H,4-5H2,1H3,(H,17,18)(H,14,15,19). The molecule has 0 amide bonds. The number of aromatic nitrogens is 3. The van der Waals surface area contributed by atoms with Crippen molar-refractivity contribution in [3.63, 3.8) is 0 Å². The van der Waals surface area contributed by atoms with Gasteiger partial charge in [0.15, 0.2) is 0 Å². The molecular weight excluding hydrogens is 246 g/mol. The molecule has 1 aliphatic carbocycles. The summed E-state index contributed by atoms with van der Waals surface area (Å²) in [6, 6.07) is 3.49. The Morgan fingerprint density at radius 2 is 2.32 bits per heavy atom. The third kappa shape index (κ3) is 1.83. The number of nitrogens with one attached hydrogen (secondary N) is 1. The van der Waals surface area contributed by atoms with Gasteiger partial charge in [0.1, 0.15) is 11.5 Å². The van der Waals surface area contributed by atoms with E-state index < -0.39 is 11.9 Å². The number of rotatable bonds is 2. The van der Waals surface area contributed by atoms with Gasteiger partial charge in [-0.1, -0.05) is 6.92 Å². The first-order valence-corrected chi connectivity index (χ1v) is 6.38. The highest BCUT2D eigenvalue weighted by Gasteiger charge is 2.40. The summed E-state index contributed by atoms with van der Waals surface area (Å²) in [4.78, 5) is 30.4. The molecule has 0 saturated heterocycles. The molecule has 2 N–H and O–H groups in total. The Labute approximate surface area is 109 Å². The van der Waals surface area contributed by atoms with Gasteiger partial charge in [-0.2, -0.15) is 0 Å². The van der Waals surface area contributed by atoms with E-state index in [0.29, 0.717) is 11.5 Å². The maximum atomic E-state index is 11.9. The van der Waals surface area contributed by atoms with Crippen LogP contribution in [0.5, 0.6) is 0 Å². The van der Waals surface area contributed by atoms with E-state index in [2.05, 4.69) is 9.97 Å². The topological polar surface area (TPSA) is 87.5 Å². The second-order valence-electron chi connectivity index (χ2n) is 5.19. The number of carboxylic acids is 1. The number of hydrogen-bond acceptors (Lipinski definition) is 3. The molecule has 0 bridgehead atoms. The fourth-order valence-corrected chi connectivity index (χ4v) is 3.05. The lowest BCUT2D eigenvalue weighted by atomic mass is 9.90. The van der Waals surface area contributed by atoms with Gasteiger partial charge in [0, 0.05) is 12.1 Å². The van der Waals surface area contributed by atoms with E-state index in [1.807, 2.05) is 6.92 Å². The summed E-state index contributed by atoms with van der Waals surface area (Å²) < 4.78 is 1.41. The zero-order valence-electron chi connectivity index (χ0n) is 10.5. The van der Waals surface area contributed by atoms with Crippen LogP contribution in [0.25, 0.3) is 5.65 Å². The zero-order chi connectivity index (χ0) is 13.6. The molecule has 0 spiro atoms. The molecule has 6 heteroatoms. The van der Waals surface area contributed by atoms with Gasteiger partial charge in [-0.05, 0) is 30.9 Å². The number of aliphatic carboxylic acids is 1. The summed E-state index contributed by atoms with van der Waals surface area (Å²) in [5, 5.41) is 9.33. The third-order valence-corrected chi connectivity index (χ3v) is 4.03. The van der Waals surface area contributed by atoms with Crippen LogP contribution in [-0.2, 0) is 4.79 Å². The quantitative estimate of drug-likeness (QED) is 0.851. The lowest BCUT2D eigenvalue weighted by Crippen LogP contribution is -2.26. The summed E-state index contributed by atoms with van der Waals surface area (Å²) in [6.45, 7) is 1.94. The van der Waals surface area contributed by atoms with Gasteiger partial charge in [-0.15, -0.1) is 0 Å². The van der Waals surface area contributed by atoms with E-state index in [1.165, 1.54) is 4.40 Å². The molecule has 1 fully saturated rings. The van der Waals surface area contributed by atoms with Crippen LogP contribution < -0.4 is 5.69 Å². The summed E-state index contributed by atoms with van der Waals surface area (Å²) >= 11 is 0. The Kier molecular flexibility index (Phi) is 2.66. The van der Waals surface area contributed by atoms with E-state index in [1.54, 1.807) is 18.3 Å². The molecule has 6 nitrogen and oxygen atoms in total. The predicted molar refractivity (Wildman–Crippen MR) is 68.1 cm³/mol. The number of fused-ring (bicyclic) bond motifs is 1. The maximum absolute atomic E-state index is 11.9. The van der Waals surface area contributed by atoms with Crippen molar-refractivity contribution in [2.45, 2.75) is 25.7 Å². The normalized spacial score (nSPS) is 26.9. The fraction of sp³-hybridized carbons (Fsp3) is 0.462. The number of hydrogen-bond donors (Lipinski definition) is 2. The van der Waals surface area contributed by atoms with Gasteiger partial charge < -0.3 is 5.11 Å². The van der Waals surface area contributed by atoms with Gasteiger partial charge in [-0.3, -0.25) is 14.2 Å². The molecule has 0 aromatic carbocycles. The number of carboxylic acid groups (broad SMARTS) is 1. The first-order chi connectivity index (χ1) is 9.08. The Morgan fingerprint density at radius 1 is 1.53 bits per heavy atom. The van der Waals surface area contributed by atoms with Crippen LogP contribution in [0.1, 0.15) is 31.5 Å². The van der Waals surface area contributed by atoms with Gasteiger partial charge in [0.05, 0.1) is 5.92 Å². The minimum atomic E-state index is -0.812. The van der Waals surface area contributed by atoms with E-state index in [9.17, 15) is 14.7 Å². The highest BCUT2D eigenvalue weighted by atomic mass is 16.4. The SMILES string of the molecule is CC1CCC(c2nc3cccn3c(=O)[nH]2)C1C(=O)O. The highest BCUT2D eigenvalue weighted by Crippen LogP contribution is 2.42. The summed E-state index contributed by atoms with van der Waals surface area (Å²) in [7, 11) is 0. The Balaban J connectivity index is 2.08. The molecular formula is C13H15N3O3. The van der Waals surface area contributed by atoms with Crippen molar-refractivity contribution in [3.8, 4) is 0 Å². The van der Waals surface area contributed by atoms with Gasteiger partial charge in [-0.25, -0.2) is 9.78 Å². The third-order valence-electron chi connectivity index (χ3n) is 4.03. The molecule has 3 rings (SSSR count). The second-order valence-corrected chi connectivity index (χ2v) is 5.19. The number of H-pyrrole nitrogens is 1. The first-order valence-electron chi connectivity index (χ1n) is 6.38. The van der Waals surface area contributed by atoms with Crippen LogP contribution in [0, 0.1) is 11.8 Å². The molecule has 2 heterocycles. The largest absolute Gasteiger partial charge is 0.481 e. The minimum Gasteiger partial charge on any atom is -0.481 e. The average molecular weight is 261 g/mol. The van der Waals surface area contributed by atoms with Crippen LogP contribution in [0.3, 0.4) is 0 Å². The van der Waals surface area contributed by atoms with E-state index in [0.717, 1.165) is 12.8 Å². The second kappa shape index (κ2) is 4.22. The Morgan fingerprint density at radius 3 is 3.05 bits per heavy atom. The Hall–Kier alpha value is -2.11. The molecule has 1 saturated carbocycles. The summed E-state index contributed by atoms with van der Waals surface area (Å²) in [6.07, 6.45) is 3.23. The monoisotopic (exact) mass is 261 g/mol. The van der Waals surface area contributed by atoms with E-state index >= 15 is 0 Å². The van der Waals surface area contributed by atoms with Crippen molar-refractivity contribution in [1.82, 2.24) is 14.4 Å². The number of aromatic amines is 1. The molecule has 2 aromatic rings. The highest BCUT2D eigenvalue weighted by molar-refractivity contribution is 5.72. The number of nitrogens with zero attached hydrogens (tertiary/aromatic N) is 2. The van der Waals surface area contributed by atoms with Crippen molar-refractivity contribution in [3.05, 3.63) is 34.6 Å². The van der Waals surface area contributed by atoms with E-state index in [4.69, 9.17) is 0 Å². The number of carbonyl (C=O) groups is 1. The fourth-order valence-electron chi connectivity index (χ4n) is 3.05. The molecule has 100 valence electrons. The summed E-state index contributed by atoms with van der Waals surface area (Å²) in [5.74, 6) is -0.891. The molecule has 0 aliphatic heterocycles. The summed E-state index contributed by atoms with van der Waals surface area (Å²) in [5.41, 5.74) is 0.288. The maximum Gasteiger partial charge on any atom is 0.332 e. The lowest BCUT2D eigenvalue weighted by Gasteiger charge is -2.17. The van der Waals surface area contributed by atoms with Gasteiger partial charge >= 0.3 is 11.7 Å². The van der Waals surface area contributed by atoms with Crippen LogP contribution in [0.15, 0.2) is 23.1 Å². The van der Waals surface area contributed by atoms with E-state index in [-0.39, 0.29) is 17.5 Å². The zero-order valence-corrected chi connectivity index (χ0v) is 10.5. The van der Waals surface area contributed by atoms with Crippen LogP contribution in [-0.4, -0.2) is 25.4 Å². The molecule has 19 heavy (non-hydrogen) atoms. The average Bonchev–Trinajstić information content (AvgIpc) is 2.94.